The molecule has 0 unspecified atom stereocenters. The quantitative estimate of drug-likeness (QED) is 0.781. The molecule has 0 saturated carbocycles. The van der Waals surface area contributed by atoms with Crippen LogP contribution in [0.1, 0.15) is 22.8 Å². The Morgan fingerprint density at radius 1 is 1.07 bits per heavy atom. The molecule has 0 radical (unpaired) electrons. The van der Waals surface area contributed by atoms with E-state index >= 15 is 0 Å². The number of ether oxygens (including phenoxy) is 2. The zero-order chi connectivity index (χ0) is 19.2. The van der Waals surface area contributed by atoms with Gasteiger partial charge in [-0.25, -0.2) is 4.39 Å². The molecule has 3 rings (SSSR count). The number of benzene rings is 2. The first-order chi connectivity index (χ1) is 13.1. The number of rotatable bonds is 6. The van der Waals surface area contributed by atoms with Crippen molar-refractivity contribution in [2.75, 3.05) is 39.9 Å². The Labute approximate surface area is 159 Å². The average Bonchev–Trinajstić information content (AvgIpc) is 2.69. The predicted molar refractivity (Wildman–Crippen MR) is 102 cm³/mol. The van der Waals surface area contributed by atoms with Crippen molar-refractivity contribution in [2.24, 2.45) is 0 Å². The summed E-state index contributed by atoms with van der Waals surface area (Å²) in [7, 11) is 1.63. The third kappa shape index (κ3) is 4.57. The van der Waals surface area contributed by atoms with E-state index in [0.29, 0.717) is 19.7 Å². The van der Waals surface area contributed by atoms with Gasteiger partial charge in [0.05, 0.1) is 19.3 Å². The number of hydrogen-bond donors (Lipinski definition) is 0. The first kappa shape index (κ1) is 19.2. The number of nitrogens with zero attached hydrogens (tertiary/aromatic N) is 2. The Balaban J connectivity index is 1.59. The minimum absolute atomic E-state index is 0.141. The van der Waals surface area contributed by atoms with Gasteiger partial charge in [-0.1, -0.05) is 18.2 Å². The molecule has 1 aliphatic rings. The zero-order valence-corrected chi connectivity index (χ0v) is 15.8. The highest BCUT2D eigenvalue weighted by atomic mass is 19.1. The van der Waals surface area contributed by atoms with Crippen molar-refractivity contribution in [3.8, 4) is 11.5 Å². The number of methoxy groups -OCH3 is 1. The fourth-order valence-electron chi connectivity index (χ4n) is 3.26. The van der Waals surface area contributed by atoms with Crippen LogP contribution in [0.25, 0.3) is 0 Å². The first-order valence-electron chi connectivity index (χ1n) is 9.18. The molecular formula is C21H25FN2O3. The topological polar surface area (TPSA) is 42.0 Å². The number of piperazine rings is 1. The molecule has 0 atom stereocenters. The van der Waals surface area contributed by atoms with Crippen LogP contribution in [0.4, 0.5) is 4.39 Å². The average molecular weight is 372 g/mol. The number of carbonyl (C=O) groups excluding carboxylic acids is 1. The summed E-state index contributed by atoms with van der Waals surface area (Å²) < 4.78 is 24.8. The van der Waals surface area contributed by atoms with Gasteiger partial charge in [-0.3, -0.25) is 9.69 Å². The molecular weight excluding hydrogens is 347 g/mol. The van der Waals surface area contributed by atoms with Crippen molar-refractivity contribution in [1.82, 2.24) is 9.80 Å². The number of amides is 1. The predicted octanol–water partition coefficient (Wildman–Crippen LogP) is 3.19. The molecule has 1 aliphatic heterocycles. The molecule has 5 nitrogen and oxygen atoms in total. The van der Waals surface area contributed by atoms with Gasteiger partial charge < -0.3 is 14.4 Å². The van der Waals surface area contributed by atoms with Crippen LogP contribution in [0.2, 0.25) is 0 Å². The summed E-state index contributed by atoms with van der Waals surface area (Å²) in [5, 5.41) is 0. The Morgan fingerprint density at radius 3 is 2.48 bits per heavy atom. The Morgan fingerprint density at radius 2 is 1.81 bits per heavy atom. The monoisotopic (exact) mass is 372 g/mol. The highest BCUT2D eigenvalue weighted by molar-refractivity contribution is 5.94. The molecule has 6 heteroatoms. The summed E-state index contributed by atoms with van der Waals surface area (Å²) in [5.41, 5.74) is 1.27. The number of halogens is 1. The highest BCUT2D eigenvalue weighted by Gasteiger charge is 2.24. The lowest BCUT2D eigenvalue weighted by Crippen LogP contribution is -2.48. The fourth-order valence-corrected chi connectivity index (χ4v) is 3.26. The summed E-state index contributed by atoms with van der Waals surface area (Å²) in [6.45, 7) is 5.95. The molecule has 0 aliphatic carbocycles. The molecule has 0 N–H and O–H groups in total. The molecule has 1 saturated heterocycles. The van der Waals surface area contributed by atoms with Crippen LogP contribution in [0.5, 0.6) is 11.5 Å². The molecule has 27 heavy (non-hydrogen) atoms. The van der Waals surface area contributed by atoms with Crippen molar-refractivity contribution in [2.45, 2.75) is 13.5 Å². The van der Waals surface area contributed by atoms with E-state index in [2.05, 4.69) is 4.90 Å². The number of hydrogen-bond acceptors (Lipinski definition) is 4. The van der Waals surface area contributed by atoms with E-state index in [-0.39, 0.29) is 11.5 Å². The molecule has 1 heterocycles. The second kappa shape index (κ2) is 8.86. The molecule has 144 valence electrons. The summed E-state index contributed by atoms with van der Waals surface area (Å²) in [6.07, 6.45) is 0. The molecule has 0 bridgehead atoms. The maximum Gasteiger partial charge on any atom is 0.256 e. The third-order valence-electron chi connectivity index (χ3n) is 4.70. The smallest absolute Gasteiger partial charge is 0.256 e. The van der Waals surface area contributed by atoms with Crippen LogP contribution < -0.4 is 9.47 Å². The van der Waals surface area contributed by atoms with Crippen LogP contribution in [-0.2, 0) is 6.54 Å². The van der Waals surface area contributed by atoms with Gasteiger partial charge >= 0.3 is 0 Å². The Kier molecular flexibility index (Phi) is 6.29. The van der Waals surface area contributed by atoms with E-state index in [1.165, 1.54) is 12.1 Å². The van der Waals surface area contributed by atoms with Crippen LogP contribution in [0, 0.1) is 5.82 Å². The van der Waals surface area contributed by atoms with E-state index < -0.39 is 5.82 Å². The second-order valence-electron chi connectivity index (χ2n) is 6.47. The van der Waals surface area contributed by atoms with E-state index in [1.807, 2.05) is 25.1 Å². The van der Waals surface area contributed by atoms with Gasteiger partial charge in [0, 0.05) is 32.7 Å². The maximum absolute atomic E-state index is 13.8. The Hall–Kier alpha value is -2.60. The van der Waals surface area contributed by atoms with E-state index in [9.17, 15) is 9.18 Å². The third-order valence-corrected chi connectivity index (χ3v) is 4.70. The summed E-state index contributed by atoms with van der Waals surface area (Å²) in [6, 6.07) is 12.1. The minimum Gasteiger partial charge on any atom is -0.493 e. The van der Waals surface area contributed by atoms with Gasteiger partial charge in [-0.05, 0) is 36.8 Å². The van der Waals surface area contributed by atoms with Gasteiger partial charge in [0.1, 0.15) is 5.82 Å². The second-order valence-corrected chi connectivity index (χ2v) is 6.47. The highest BCUT2D eigenvalue weighted by Crippen LogP contribution is 2.28. The lowest BCUT2D eigenvalue weighted by Gasteiger charge is -2.35. The van der Waals surface area contributed by atoms with Gasteiger partial charge in [-0.15, -0.1) is 0 Å². The van der Waals surface area contributed by atoms with E-state index in [1.54, 1.807) is 24.1 Å². The van der Waals surface area contributed by atoms with Crippen molar-refractivity contribution < 1.29 is 18.7 Å². The van der Waals surface area contributed by atoms with Crippen molar-refractivity contribution >= 4 is 5.91 Å². The zero-order valence-electron chi connectivity index (χ0n) is 15.8. The molecule has 2 aromatic carbocycles. The summed E-state index contributed by atoms with van der Waals surface area (Å²) >= 11 is 0. The summed E-state index contributed by atoms with van der Waals surface area (Å²) in [5.74, 6) is 0.759. The van der Waals surface area contributed by atoms with Gasteiger partial charge in [0.15, 0.2) is 11.5 Å². The van der Waals surface area contributed by atoms with Gasteiger partial charge in [0.2, 0.25) is 0 Å². The number of carbonyl (C=O) groups is 1. The molecule has 2 aromatic rings. The molecule has 0 spiro atoms. The summed E-state index contributed by atoms with van der Waals surface area (Å²) in [4.78, 5) is 16.5. The standard InChI is InChI=1S/C21H25FN2O3/c1-3-27-20-14-16(8-9-19(20)26-2)15-23-10-12-24(13-11-23)21(25)17-6-4-5-7-18(17)22/h4-9,14H,3,10-13,15H2,1-2H3. The van der Waals surface area contributed by atoms with Crippen molar-refractivity contribution in [1.29, 1.82) is 0 Å². The van der Waals surface area contributed by atoms with Crippen LogP contribution in [0.15, 0.2) is 42.5 Å². The van der Waals surface area contributed by atoms with Gasteiger partial charge in [-0.2, -0.15) is 0 Å². The maximum atomic E-state index is 13.8. The molecule has 0 aromatic heterocycles. The van der Waals surface area contributed by atoms with Crippen LogP contribution in [0.3, 0.4) is 0 Å². The lowest BCUT2D eigenvalue weighted by molar-refractivity contribution is 0.0624. The Bertz CT molecular complexity index is 789. The lowest BCUT2D eigenvalue weighted by atomic mass is 10.1. The molecule has 1 amide bonds. The van der Waals surface area contributed by atoms with Crippen molar-refractivity contribution in [3.05, 3.63) is 59.4 Å². The first-order valence-corrected chi connectivity index (χ1v) is 9.18. The van der Waals surface area contributed by atoms with E-state index in [0.717, 1.165) is 36.7 Å². The van der Waals surface area contributed by atoms with E-state index in [4.69, 9.17) is 9.47 Å². The fraction of sp³-hybridized carbons (Fsp3) is 0.381. The minimum atomic E-state index is -0.466. The van der Waals surface area contributed by atoms with Crippen LogP contribution >= 0.6 is 0 Å². The van der Waals surface area contributed by atoms with Crippen LogP contribution in [-0.4, -0.2) is 55.6 Å². The van der Waals surface area contributed by atoms with Gasteiger partial charge in [0.25, 0.3) is 5.91 Å². The SMILES string of the molecule is CCOc1cc(CN2CCN(C(=O)c3ccccc3F)CC2)ccc1OC. The van der Waals surface area contributed by atoms with Crippen molar-refractivity contribution in [3.63, 3.8) is 0 Å². The normalized spacial score (nSPS) is 14.9. The molecule has 1 fully saturated rings. The largest absolute Gasteiger partial charge is 0.493 e.